The Morgan fingerprint density at radius 1 is 1.32 bits per heavy atom. The molecule has 2 aromatic rings. The normalized spacial score (nSPS) is 11.6. The van der Waals surface area contributed by atoms with Crippen LogP contribution < -0.4 is 15.4 Å². The largest absolute Gasteiger partial charge is 0.494 e. The van der Waals surface area contributed by atoms with E-state index in [2.05, 4.69) is 15.6 Å². The van der Waals surface area contributed by atoms with E-state index in [-0.39, 0.29) is 12.1 Å². The van der Waals surface area contributed by atoms with E-state index >= 15 is 0 Å². The standard InChI is InChI=1S/C17H21N3O2/c1-4-22-15-9-8-12(2)11-14(15)13(3)19-17(21)20-16-7-5-6-10-18-16/h5-11,13H,4H2,1-3H3,(H2,18,19,20,21). The first-order valence-electron chi connectivity index (χ1n) is 7.32. The van der Waals surface area contributed by atoms with Gasteiger partial charge in [-0.05, 0) is 39.0 Å². The lowest BCUT2D eigenvalue weighted by Crippen LogP contribution is -2.31. The summed E-state index contributed by atoms with van der Waals surface area (Å²) in [5.41, 5.74) is 2.08. The van der Waals surface area contributed by atoms with Crippen LogP contribution in [0.15, 0.2) is 42.6 Å². The van der Waals surface area contributed by atoms with Crippen LogP contribution in [-0.4, -0.2) is 17.6 Å². The van der Waals surface area contributed by atoms with Crippen molar-refractivity contribution >= 4 is 11.8 Å². The van der Waals surface area contributed by atoms with Gasteiger partial charge in [0.05, 0.1) is 12.6 Å². The molecule has 0 aliphatic heterocycles. The van der Waals surface area contributed by atoms with Crippen molar-refractivity contribution in [3.8, 4) is 5.75 Å². The van der Waals surface area contributed by atoms with E-state index in [9.17, 15) is 4.79 Å². The van der Waals surface area contributed by atoms with Gasteiger partial charge in [-0.1, -0.05) is 23.8 Å². The number of aromatic nitrogens is 1. The van der Waals surface area contributed by atoms with Gasteiger partial charge in [0.25, 0.3) is 0 Å². The van der Waals surface area contributed by atoms with Crippen molar-refractivity contribution < 1.29 is 9.53 Å². The van der Waals surface area contributed by atoms with Gasteiger partial charge >= 0.3 is 6.03 Å². The summed E-state index contributed by atoms with van der Waals surface area (Å²) >= 11 is 0. The number of nitrogens with one attached hydrogen (secondary N) is 2. The molecule has 2 N–H and O–H groups in total. The maximum Gasteiger partial charge on any atom is 0.320 e. The van der Waals surface area contributed by atoms with E-state index in [1.807, 2.05) is 45.0 Å². The molecule has 0 saturated carbocycles. The quantitative estimate of drug-likeness (QED) is 0.885. The number of pyridine rings is 1. The molecule has 0 saturated heterocycles. The molecule has 0 aliphatic rings. The molecule has 1 aromatic carbocycles. The van der Waals surface area contributed by atoms with Gasteiger partial charge < -0.3 is 10.1 Å². The first kappa shape index (κ1) is 15.8. The van der Waals surface area contributed by atoms with Crippen molar-refractivity contribution in [1.29, 1.82) is 0 Å². The third kappa shape index (κ3) is 4.22. The van der Waals surface area contributed by atoms with Gasteiger partial charge in [0.2, 0.25) is 0 Å². The molecule has 0 radical (unpaired) electrons. The summed E-state index contributed by atoms with van der Waals surface area (Å²) in [6.07, 6.45) is 1.63. The number of anilines is 1. The van der Waals surface area contributed by atoms with Crippen LogP contribution in [0.4, 0.5) is 10.6 Å². The van der Waals surface area contributed by atoms with Crippen LogP contribution in [0.5, 0.6) is 5.75 Å². The highest BCUT2D eigenvalue weighted by atomic mass is 16.5. The number of nitrogens with zero attached hydrogens (tertiary/aromatic N) is 1. The maximum atomic E-state index is 12.0. The van der Waals surface area contributed by atoms with E-state index in [4.69, 9.17) is 4.74 Å². The molecule has 5 heteroatoms. The highest BCUT2D eigenvalue weighted by Crippen LogP contribution is 2.26. The maximum absolute atomic E-state index is 12.0. The molecule has 5 nitrogen and oxygen atoms in total. The van der Waals surface area contributed by atoms with Crippen LogP contribution in [0, 0.1) is 6.92 Å². The predicted octanol–water partition coefficient (Wildman–Crippen LogP) is 3.67. The topological polar surface area (TPSA) is 63.2 Å². The number of amides is 2. The number of hydrogen-bond acceptors (Lipinski definition) is 3. The lowest BCUT2D eigenvalue weighted by atomic mass is 10.0. The fraction of sp³-hybridized carbons (Fsp3) is 0.294. The van der Waals surface area contributed by atoms with Crippen molar-refractivity contribution in [1.82, 2.24) is 10.3 Å². The van der Waals surface area contributed by atoms with Gasteiger partial charge in [-0.15, -0.1) is 0 Å². The molecule has 2 rings (SSSR count). The number of carbonyl (C=O) groups excluding carboxylic acids is 1. The highest BCUT2D eigenvalue weighted by Gasteiger charge is 2.14. The fourth-order valence-electron chi connectivity index (χ4n) is 2.16. The van der Waals surface area contributed by atoms with Crippen LogP contribution >= 0.6 is 0 Å². The molecule has 1 unspecified atom stereocenters. The lowest BCUT2D eigenvalue weighted by Gasteiger charge is -2.19. The average molecular weight is 299 g/mol. The molecule has 0 fully saturated rings. The number of benzene rings is 1. The number of urea groups is 1. The van der Waals surface area contributed by atoms with Crippen LogP contribution in [-0.2, 0) is 0 Å². The number of ether oxygens (including phenoxy) is 1. The molecule has 2 amide bonds. The number of aryl methyl sites for hydroxylation is 1. The van der Waals surface area contributed by atoms with Gasteiger partial charge in [-0.25, -0.2) is 9.78 Å². The Balaban J connectivity index is 2.06. The van der Waals surface area contributed by atoms with Crippen molar-refractivity contribution in [3.05, 3.63) is 53.7 Å². The molecule has 0 aliphatic carbocycles. The van der Waals surface area contributed by atoms with E-state index < -0.39 is 0 Å². The van der Waals surface area contributed by atoms with Crippen molar-refractivity contribution in [2.45, 2.75) is 26.8 Å². The minimum atomic E-state index is -0.296. The van der Waals surface area contributed by atoms with Crippen molar-refractivity contribution in [2.24, 2.45) is 0 Å². The second-order valence-corrected chi connectivity index (χ2v) is 5.01. The Morgan fingerprint density at radius 3 is 2.82 bits per heavy atom. The Bertz CT molecular complexity index is 629. The van der Waals surface area contributed by atoms with Crippen LogP contribution in [0.2, 0.25) is 0 Å². The van der Waals surface area contributed by atoms with Gasteiger partial charge in [0, 0.05) is 11.8 Å². The molecular weight excluding hydrogens is 278 g/mol. The molecule has 22 heavy (non-hydrogen) atoms. The second-order valence-electron chi connectivity index (χ2n) is 5.01. The zero-order chi connectivity index (χ0) is 15.9. The third-order valence-electron chi connectivity index (χ3n) is 3.19. The Hall–Kier alpha value is -2.56. The van der Waals surface area contributed by atoms with E-state index in [0.717, 1.165) is 16.9 Å². The summed E-state index contributed by atoms with van der Waals surface area (Å²) in [7, 11) is 0. The summed E-state index contributed by atoms with van der Waals surface area (Å²) in [4.78, 5) is 16.1. The van der Waals surface area contributed by atoms with E-state index in [1.54, 1.807) is 18.3 Å². The predicted molar refractivity (Wildman–Crippen MR) is 87.2 cm³/mol. The SMILES string of the molecule is CCOc1ccc(C)cc1C(C)NC(=O)Nc1ccccn1. The Labute approximate surface area is 130 Å². The molecule has 1 heterocycles. The molecule has 116 valence electrons. The lowest BCUT2D eigenvalue weighted by molar-refractivity contribution is 0.249. The van der Waals surface area contributed by atoms with Crippen LogP contribution in [0.3, 0.4) is 0 Å². The number of carbonyl (C=O) groups is 1. The van der Waals surface area contributed by atoms with Gasteiger partial charge in [-0.3, -0.25) is 5.32 Å². The van der Waals surface area contributed by atoms with Gasteiger partial charge in [0.1, 0.15) is 11.6 Å². The van der Waals surface area contributed by atoms with E-state index in [1.165, 1.54) is 0 Å². The first-order valence-corrected chi connectivity index (χ1v) is 7.32. The summed E-state index contributed by atoms with van der Waals surface area (Å²) < 4.78 is 5.63. The Morgan fingerprint density at radius 2 is 2.14 bits per heavy atom. The highest BCUT2D eigenvalue weighted by molar-refractivity contribution is 5.88. The van der Waals surface area contributed by atoms with Gasteiger partial charge in [0.15, 0.2) is 0 Å². The molecule has 1 atom stereocenters. The summed E-state index contributed by atoms with van der Waals surface area (Å²) in [6, 6.07) is 10.8. The van der Waals surface area contributed by atoms with Crippen LogP contribution in [0.1, 0.15) is 31.0 Å². The van der Waals surface area contributed by atoms with Crippen LogP contribution in [0.25, 0.3) is 0 Å². The van der Waals surface area contributed by atoms with E-state index in [0.29, 0.717) is 12.4 Å². The summed E-state index contributed by atoms with van der Waals surface area (Å²) in [5.74, 6) is 1.31. The summed E-state index contributed by atoms with van der Waals surface area (Å²) in [6.45, 7) is 6.47. The zero-order valence-corrected chi connectivity index (χ0v) is 13.1. The molecule has 0 spiro atoms. The van der Waals surface area contributed by atoms with Crippen molar-refractivity contribution in [3.63, 3.8) is 0 Å². The molecular formula is C17H21N3O2. The minimum Gasteiger partial charge on any atom is -0.494 e. The molecule has 1 aromatic heterocycles. The Kier molecular flexibility index (Phi) is 5.36. The van der Waals surface area contributed by atoms with Gasteiger partial charge in [-0.2, -0.15) is 0 Å². The second kappa shape index (κ2) is 7.45. The first-order chi connectivity index (χ1) is 10.6. The fourth-order valence-corrected chi connectivity index (χ4v) is 2.16. The minimum absolute atomic E-state index is 0.176. The zero-order valence-electron chi connectivity index (χ0n) is 13.1. The smallest absolute Gasteiger partial charge is 0.320 e. The average Bonchev–Trinajstić information content (AvgIpc) is 2.50. The summed E-state index contributed by atoms with van der Waals surface area (Å²) in [5, 5.41) is 5.61. The number of hydrogen-bond donors (Lipinski definition) is 2. The number of rotatable bonds is 5. The molecule has 0 bridgehead atoms. The third-order valence-corrected chi connectivity index (χ3v) is 3.19. The van der Waals surface area contributed by atoms with Crippen molar-refractivity contribution in [2.75, 3.05) is 11.9 Å². The monoisotopic (exact) mass is 299 g/mol.